The summed E-state index contributed by atoms with van der Waals surface area (Å²) in [5, 5.41) is 14.7. The second-order valence-electron chi connectivity index (χ2n) is 6.37. The fourth-order valence-electron chi connectivity index (χ4n) is 2.57. The molecule has 0 aliphatic heterocycles. The molecule has 0 fully saturated rings. The Bertz CT molecular complexity index is 911. The van der Waals surface area contributed by atoms with Gasteiger partial charge in [-0.25, -0.2) is 4.79 Å². The van der Waals surface area contributed by atoms with Crippen molar-refractivity contribution in [2.24, 2.45) is 5.92 Å². The number of carbonyl (C=O) groups is 1. The van der Waals surface area contributed by atoms with Gasteiger partial charge in [0.2, 0.25) is 5.13 Å². The first kappa shape index (κ1) is 18.8. The minimum Gasteiger partial charge on any atom is -0.495 e. The van der Waals surface area contributed by atoms with Crippen LogP contribution in [0.2, 0.25) is 0 Å². The predicted molar refractivity (Wildman–Crippen MR) is 107 cm³/mol. The van der Waals surface area contributed by atoms with Crippen LogP contribution < -0.4 is 15.4 Å². The number of ether oxygens (including phenoxy) is 1. The second-order valence-corrected chi connectivity index (χ2v) is 7.34. The lowest BCUT2D eigenvalue weighted by Crippen LogP contribution is -2.19. The van der Waals surface area contributed by atoms with Gasteiger partial charge in [-0.2, -0.15) is 0 Å². The summed E-state index contributed by atoms with van der Waals surface area (Å²) in [7, 11) is 1.59. The lowest BCUT2D eigenvalue weighted by Gasteiger charge is -2.13. The molecule has 1 aromatic carbocycles. The van der Waals surface area contributed by atoms with E-state index in [9.17, 15) is 4.79 Å². The molecule has 140 valence electrons. The molecule has 0 spiro atoms. The number of hydrogen-bond donors (Lipinski definition) is 2. The zero-order chi connectivity index (χ0) is 19.2. The van der Waals surface area contributed by atoms with Crippen molar-refractivity contribution in [1.82, 2.24) is 15.2 Å². The van der Waals surface area contributed by atoms with Gasteiger partial charge in [0.05, 0.1) is 12.8 Å². The third kappa shape index (κ3) is 5.01. The van der Waals surface area contributed by atoms with Crippen LogP contribution in [0.4, 0.5) is 15.6 Å². The molecule has 2 N–H and O–H groups in total. The predicted octanol–water partition coefficient (Wildman–Crippen LogP) is 4.45. The van der Waals surface area contributed by atoms with Crippen LogP contribution in [0.3, 0.4) is 0 Å². The van der Waals surface area contributed by atoms with Gasteiger partial charge in [0, 0.05) is 18.0 Å². The van der Waals surface area contributed by atoms with E-state index in [1.807, 2.05) is 30.3 Å². The van der Waals surface area contributed by atoms with E-state index < -0.39 is 6.03 Å². The van der Waals surface area contributed by atoms with Crippen LogP contribution in [0.5, 0.6) is 5.75 Å². The van der Waals surface area contributed by atoms with Gasteiger partial charge < -0.3 is 10.1 Å². The largest absolute Gasteiger partial charge is 0.495 e. The Balaban J connectivity index is 1.66. The number of aromatic nitrogens is 3. The molecule has 0 aliphatic carbocycles. The first-order valence-electron chi connectivity index (χ1n) is 8.54. The smallest absolute Gasteiger partial charge is 0.325 e. The molecule has 2 aromatic heterocycles. The van der Waals surface area contributed by atoms with Crippen LogP contribution in [0, 0.1) is 5.92 Å². The summed E-state index contributed by atoms with van der Waals surface area (Å²) >= 11 is 1.28. The number of benzene rings is 1. The highest BCUT2D eigenvalue weighted by molar-refractivity contribution is 7.18. The molecular weight excluding hydrogens is 362 g/mol. The Labute approximate surface area is 161 Å². The number of nitrogens with one attached hydrogen (secondary N) is 2. The average molecular weight is 383 g/mol. The van der Waals surface area contributed by atoms with Crippen molar-refractivity contribution in [1.29, 1.82) is 0 Å². The lowest BCUT2D eigenvalue weighted by atomic mass is 10.0. The molecule has 0 aliphatic rings. The molecule has 3 aromatic rings. The molecule has 0 bridgehead atoms. The molecule has 2 amide bonds. The van der Waals surface area contributed by atoms with Gasteiger partial charge >= 0.3 is 6.03 Å². The summed E-state index contributed by atoms with van der Waals surface area (Å²) in [5.41, 5.74) is 2.61. The van der Waals surface area contributed by atoms with Crippen molar-refractivity contribution in [3.05, 3.63) is 48.3 Å². The Morgan fingerprint density at radius 1 is 1.22 bits per heavy atom. The zero-order valence-corrected chi connectivity index (χ0v) is 16.2. The number of carbonyl (C=O) groups excluding carboxylic acids is 1. The van der Waals surface area contributed by atoms with Gasteiger partial charge in [-0.3, -0.25) is 10.3 Å². The third-order valence-electron chi connectivity index (χ3n) is 3.71. The van der Waals surface area contributed by atoms with E-state index in [4.69, 9.17) is 4.74 Å². The summed E-state index contributed by atoms with van der Waals surface area (Å²) in [6.07, 6.45) is 4.34. The molecule has 0 saturated heterocycles. The molecule has 27 heavy (non-hydrogen) atoms. The molecule has 8 heteroatoms. The molecule has 0 unspecified atom stereocenters. The number of hydrogen-bond acceptors (Lipinski definition) is 6. The molecule has 0 atom stereocenters. The lowest BCUT2D eigenvalue weighted by molar-refractivity contribution is 0.262. The zero-order valence-electron chi connectivity index (χ0n) is 15.4. The molecular formula is C19H21N5O2S. The number of amides is 2. The standard InChI is InChI=1S/C19H21N5O2S/c1-12(2)9-13-6-7-15(16(10-13)26-3)21-18(25)22-19-24-23-17(27-19)14-5-4-8-20-11-14/h4-8,10-12H,9H2,1-3H3,(H2,21,22,24,25). The van der Waals surface area contributed by atoms with E-state index in [0.29, 0.717) is 27.5 Å². The van der Waals surface area contributed by atoms with Crippen molar-refractivity contribution >= 4 is 28.2 Å². The number of pyridine rings is 1. The number of methoxy groups -OCH3 is 1. The van der Waals surface area contributed by atoms with Gasteiger partial charge in [-0.1, -0.05) is 31.3 Å². The molecule has 3 rings (SSSR count). The van der Waals surface area contributed by atoms with Crippen LogP contribution in [-0.2, 0) is 6.42 Å². The minimum absolute atomic E-state index is 0.404. The normalized spacial score (nSPS) is 10.7. The molecule has 0 radical (unpaired) electrons. The van der Waals surface area contributed by atoms with Crippen LogP contribution in [0.15, 0.2) is 42.7 Å². The monoisotopic (exact) mass is 383 g/mol. The van der Waals surface area contributed by atoms with Gasteiger partial charge in [0.1, 0.15) is 5.75 Å². The van der Waals surface area contributed by atoms with Crippen molar-refractivity contribution < 1.29 is 9.53 Å². The molecule has 2 heterocycles. The molecule has 0 saturated carbocycles. The van der Waals surface area contributed by atoms with E-state index in [1.54, 1.807) is 19.5 Å². The van der Waals surface area contributed by atoms with E-state index in [2.05, 4.69) is 39.7 Å². The first-order valence-corrected chi connectivity index (χ1v) is 9.35. The summed E-state index contributed by atoms with van der Waals surface area (Å²) in [4.78, 5) is 16.4. The number of nitrogens with zero attached hydrogens (tertiary/aromatic N) is 3. The van der Waals surface area contributed by atoms with Gasteiger partial charge in [0.15, 0.2) is 5.01 Å². The van der Waals surface area contributed by atoms with E-state index in [1.165, 1.54) is 11.3 Å². The SMILES string of the molecule is COc1cc(CC(C)C)ccc1NC(=O)Nc1nnc(-c2cccnc2)s1. The van der Waals surface area contributed by atoms with Crippen molar-refractivity contribution in [2.45, 2.75) is 20.3 Å². The summed E-state index contributed by atoms with van der Waals surface area (Å²) in [6.45, 7) is 4.32. The van der Waals surface area contributed by atoms with Crippen molar-refractivity contribution in [3.63, 3.8) is 0 Å². The summed E-state index contributed by atoms with van der Waals surface area (Å²) < 4.78 is 5.41. The van der Waals surface area contributed by atoms with Crippen LogP contribution in [-0.4, -0.2) is 28.3 Å². The highest BCUT2D eigenvalue weighted by atomic mass is 32.1. The Kier molecular flexibility index (Phi) is 5.97. The van der Waals surface area contributed by atoms with Crippen LogP contribution in [0.25, 0.3) is 10.6 Å². The first-order chi connectivity index (χ1) is 13.0. The van der Waals surface area contributed by atoms with Crippen LogP contribution >= 0.6 is 11.3 Å². The highest BCUT2D eigenvalue weighted by Gasteiger charge is 2.12. The third-order valence-corrected chi connectivity index (χ3v) is 4.60. The fourth-order valence-corrected chi connectivity index (χ4v) is 3.30. The maximum atomic E-state index is 12.3. The Morgan fingerprint density at radius 3 is 2.78 bits per heavy atom. The Hall–Kier alpha value is -3.00. The molecule has 7 nitrogen and oxygen atoms in total. The summed E-state index contributed by atoms with van der Waals surface area (Å²) in [5.74, 6) is 1.17. The van der Waals surface area contributed by atoms with Crippen molar-refractivity contribution in [3.8, 4) is 16.3 Å². The van der Waals surface area contributed by atoms with Crippen molar-refractivity contribution in [2.75, 3.05) is 17.7 Å². The van der Waals surface area contributed by atoms with Gasteiger partial charge in [-0.05, 0) is 42.2 Å². The number of anilines is 2. The van der Waals surface area contributed by atoms with Gasteiger partial charge in [-0.15, -0.1) is 10.2 Å². The van der Waals surface area contributed by atoms with E-state index >= 15 is 0 Å². The Morgan fingerprint density at radius 2 is 2.07 bits per heavy atom. The average Bonchev–Trinajstić information content (AvgIpc) is 3.11. The minimum atomic E-state index is -0.404. The maximum absolute atomic E-state index is 12.3. The maximum Gasteiger partial charge on any atom is 0.325 e. The quantitative estimate of drug-likeness (QED) is 0.656. The number of rotatable bonds is 6. The van der Waals surface area contributed by atoms with E-state index in [-0.39, 0.29) is 0 Å². The summed E-state index contributed by atoms with van der Waals surface area (Å²) in [6, 6.07) is 9.09. The number of urea groups is 1. The topological polar surface area (TPSA) is 89.0 Å². The van der Waals surface area contributed by atoms with E-state index in [0.717, 1.165) is 17.5 Å². The fraction of sp³-hybridized carbons (Fsp3) is 0.263. The van der Waals surface area contributed by atoms with Gasteiger partial charge in [0.25, 0.3) is 0 Å². The highest BCUT2D eigenvalue weighted by Crippen LogP contribution is 2.28. The second kappa shape index (κ2) is 8.59. The van der Waals surface area contributed by atoms with Crippen LogP contribution in [0.1, 0.15) is 19.4 Å².